The van der Waals surface area contributed by atoms with Gasteiger partial charge in [-0.2, -0.15) is 0 Å². The summed E-state index contributed by atoms with van der Waals surface area (Å²) < 4.78 is 0. The number of amides is 1. The molecule has 5 nitrogen and oxygen atoms in total. The first-order valence-electron chi connectivity index (χ1n) is 8.82. The van der Waals surface area contributed by atoms with Crippen LogP contribution in [-0.4, -0.2) is 67.0 Å². The minimum Gasteiger partial charge on any atom is -0.354 e. The molecule has 5 heteroatoms. The zero-order chi connectivity index (χ0) is 16.2. The van der Waals surface area contributed by atoms with Gasteiger partial charge in [-0.15, -0.1) is 0 Å². The first-order chi connectivity index (χ1) is 11.2. The summed E-state index contributed by atoms with van der Waals surface area (Å²) in [6.07, 6.45) is 7.67. The fraction of sp³-hybridized carbons (Fsp3) is 0.667. The molecule has 2 fully saturated rings. The van der Waals surface area contributed by atoms with Gasteiger partial charge >= 0.3 is 0 Å². The van der Waals surface area contributed by atoms with Crippen molar-refractivity contribution in [3.63, 3.8) is 0 Å². The normalized spacial score (nSPS) is 22.5. The lowest BCUT2D eigenvalue weighted by molar-refractivity contribution is 0.0793. The van der Waals surface area contributed by atoms with Crippen molar-refractivity contribution in [1.82, 2.24) is 14.8 Å². The van der Waals surface area contributed by atoms with Crippen molar-refractivity contribution in [1.29, 1.82) is 0 Å². The summed E-state index contributed by atoms with van der Waals surface area (Å²) in [5, 5.41) is 0. The van der Waals surface area contributed by atoms with E-state index in [1.54, 1.807) is 0 Å². The number of likely N-dealkylation sites (N-methyl/N-ethyl adjacent to an activating group) is 1. The predicted octanol–water partition coefficient (Wildman–Crippen LogP) is 2.24. The summed E-state index contributed by atoms with van der Waals surface area (Å²) in [5.74, 6) is 1.02. The number of hydrogen-bond donors (Lipinski definition) is 0. The third kappa shape index (κ3) is 3.66. The van der Waals surface area contributed by atoms with Crippen LogP contribution in [0.3, 0.4) is 0 Å². The van der Waals surface area contributed by atoms with Crippen molar-refractivity contribution in [2.45, 2.75) is 38.1 Å². The molecule has 1 aromatic rings. The van der Waals surface area contributed by atoms with Gasteiger partial charge in [0.2, 0.25) is 0 Å². The Labute approximate surface area is 139 Å². The second-order valence-corrected chi connectivity index (χ2v) is 6.93. The third-order valence-electron chi connectivity index (χ3n) is 5.09. The Balaban J connectivity index is 1.85. The van der Waals surface area contributed by atoms with Crippen LogP contribution in [0.1, 0.15) is 42.5 Å². The number of aromatic nitrogens is 1. The minimum absolute atomic E-state index is 0.149. The van der Waals surface area contributed by atoms with Crippen LogP contribution in [0, 0.1) is 0 Å². The van der Waals surface area contributed by atoms with Gasteiger partial charge in [0.15, 0.2) is 0 Å². The van der Waals surface area contributed by atoms with E-state index >= 15 is 0 Å². The molecule has 23 heavy (non-hydrogen) atoms. The highest BCUT2D eigenvalue weighted by molar-refractivity contribution is 5.99. The molecule has 0 aliphatic carbocycles. The number of likely N-dealkylation sites (tertiary alicyclic amines) is 1. The van der Waals surface area contributed by atoms with Gasteiger partial charge in [-0.1, -0.05) is 6.42 Å². The van der Waals surface area contributed by atoms with Gasteiger partial charge in [0.05, 0.1) is 5.56 Å². The van der Waals surface area contributed by atoms with Crippen molar-refractivity contribution in [2.75, 3.05) is 45.2 Å². The molecular formula is C18H28N4O. The summed E-state index contributed by atoms with van der Waals surface area (Å²) in [5.41, 5.74) is 0.772. The molecule has 1 atom stereocenters. The lowest BCUT2D eigenvalue weighted by Crippen LogP contribution is -2.40. The van der Waals surface area contributed by atoms with Crippen LogP contribution < -0.4 is 4.90 Å². The van der Waals surface area contributed by atoms with Crippen LogP contribution in [0.15, 0.2) is 18.3 Å². The first-order valence-corrected chi connectivity index (χ1v) is 8.82. The minimum atomic E-state index is 0.149. The lowest BCUT2D eigenvalue weighted by Gasteiger charge is -2.30. The summed E-state index contributed by atoms with van der Waals surface area (Å²) in [6.45, 7) is 3.70. The number of pyridine rings is 1. The molecule has 0 spiro atoms. The topological polar surface area (TPSA) is 39.7 Å². The molecule has 2 aliphatic rings. The van der Waals surface area contributed by atoms with E-state index < -0.39 is 0 Å². The Hall–Kier alpha value is -1.62. The fourth-order valence-electron chi connectivity index (χ4n) is 3.64. The van der Waals surface area contributed by atoms with Gasteiger partial charge in [0.1, 0.15) is 5.82 Å². The zero-order valence-electron chi connectivity index (χ0n) is 14.4. The molecule has 1 aromatic heterocycles. The van der Waals surface area contributed by atoms with Crippen LogP contribution in [0.5, 0.6) is 0 Å². The fourth-order valence-corrected chi connectivity index (χ4v) is 3.64. The Bertz CT molecular complexity index is 540. The quantitative estimate of drug-likeness (QED) is 0.857. The maximum atomic E-state index is 12.9. The van der Waals surface area contributed by atoms with Crippen LogP contribution in [0.4, 0.5) is 5.82 Å². The molecule has 2 aliphatic heterocycles. The van der Waals surface area contributed by atoms with Crippen LogP contribution in [-0.2, 0) is 0 Å². The summed E-state index contributed by atoms with van der Waals surface area (Å²) in [7, 11) is 4.28. The van der Waals surface area contributed by atoms with Crippen LogP contribution in [0.2, 0.25) is 0 Å². The van der Waals surface area contributed by atoms with E-state index in [9.17, 15) is 4.79 Å². The van der Waals surface area contributed by atoms with Crippen molar-refractivity contribution in [3.05, 3.63) is 23.9 Å². The molecule has 0 N–H and O–H groups in total. The van der Waals surface area contributed by atoms with E-state index in [1.807, 2.05) is 23.2 Å². The molecule has 2 saturated heterocycles. The lowest BCUT2D eigenvalue weighted by atomic mass is 10.1. The highest BCUT2D eigenvalue weighted by Gasteiger charge is 2.27. The van der Waals surface area contributed by atoms with Gasteiger partial charge in [0, 0.05) is 38.4 Å². The maximum Gasteiger partial charge on any atom is 0.257 e. The molecule has 126 valence electrons. The first kappa shape index (κ1) is 16.2. The molecule has 3 heterocycles. The van der Waals surface area contributed by atoms with E-state index in [1.165, 1.54) is 12.8 Å². The smallest absolute Gasteiger partial charge is 0.257 e. The second kappa shape index (κ2) is 7.30. The SMILES string of the molecule is CN(C)C1CCCCN(c2ncccc2C(=O)N2CCCC2)C1. The Morgan fingerprint density at radius 2 is 1.91 bits per heavy atom. The van der Waals surface area contributed by atoms with E-state index in [-0.39, 0.29) is 5.91 Å². The average molecular weight is 316 g/mol. The Morgan fingerprint density at radius 1 is 1.17 bits per heavy atom. The third-order valence-corrected chi connectivity index (χ3v) is 5.09. The van der Waals surface area contributed by atoms with Gasteiger partial charge in [0.25, 0.3) is 5.91 Å². The van der Waals surface area contributed by atoms with Gasteiger partial charge in [-0.25, -0.2) is 4.98 Å². The monoisotopic (exact) mass is 316 g/mol. The number of hydrogen-bond acceptors (Lipinski definition) is 4. The number of anilines is 1. The Kier molecular flexibility index (Phi) is 5.16. The number of rotatable bonds is 3. The van der Waals surface area contributed by atoms with Crippen LogP contribution in [0.25, 0.3) is 0 Å². The van der Waals surface area contributed by atoms with E-state index in [0.29, 0.717) is 6.04 Å². The van der Waals surface area contributed by atoms with Crippen LogP contribution >= 0.6 is 0 Å². The van der Waals surface area contributed by atoms with E-state index in [0.717, 1.165) is 56.8 Å². The van der Waals surface area contributed by atoms with Crippen molar-refractivity contribution >= 4 is 11.7 Å². The summed E-state index contributed by atoms with van der Waals surface area (Å²) in [6, 6.07) is 4.35. The van der Waals surface area contributed by atoms with Gasteiger partial charge < -0.3 is 14.7 Å². The average Bonchev–Trinajstić information content (AvgIpc) is 2.98. The standard InChI is InChI=1S/C18H28N4O/c1-20(2)15-8-3-4-13-22(14-15)17-16(9-7-10-19-17)18(23)21-11-5-6-12-21/h7,9-10,15H,3-6,8,11-14H2,1-2H3. The zero-order valence-corrected chi connectivity index (χ0v) is 14.4. The molecule has 0 radical (unpaired) electrons. The summed E-state index contributed by atoms with van der Waals surface area (Å²) >= 11 is 0. The molecule has 0 aromatic carbocycles. The molecule has 0 saturated carbocycles. The van der Waals surface area contributed by atoms with Crippen molar-refractivity contribution in [2.24, 2.45) is 0 Å². The van der Waals surface area contributed by atoms with Crippen molar-refractivity contribution in [3.8, 4) is 0 Å². The highest BCUT2D eigenvalue weighted by atomic mass is 16.2. The second-order valence-electron chi connectivity index (χ2n) is 6.93. The molecule has 3 rings (SSSR count). The summed E-state index contributed by atoms with van der Waals surface area (Å²) in [4.78, 5) is 24.0. The maximum absolute atomic E-state index is 12.9. The Morgan fingerprint density at radius 3 is 2.65 bits per heavy atom. The molecular weight excluding hydrogens is 288 g/mol. The molecule has 1 amide bonds. The number of nitrogens with zero attached hydrogens (tertiary/aromatic N) is 4. The van der Waals surface area contributed by atoms with E-state index in [2.05, 4.69) is 28.9 Å². The van der Waals surface area contributed by atoms with E-state index in [4.69, 9.17) is 0 Å². The highest BCUT2D eigenvalue weighted by Crippen LogP contribution is 2.25. The van der Waals surface area contributed by atoms with Crippen molar-refractivity contribution < 1.29 is 4.79 Å². The molecule has 1 unspecified atom stereocenters. The van der Waals surface area contributed by atoms with Gasteiger partial charge in [-0.3, -0.25) is 4.79 Å². The van der Waals surface area contributed by atoms with Gasteiger partial charge in [-0.05, 0) is 51.9 Å². The largest absolute Gasteiger partial charge is 0.354 e. The number of carbonyl (C=O) groups excluding carboxylic acids is 1. The number of carbonyl (C=O) groups is 1. The predicted molar refractivity (Wildman–Crippen MR) is 92.9 cm³/mol. The molecule has 0 bridgehead atoms.